The number of aryl methyl sites for hydroxylation is 3. The van der Waals surface area contributed by atoms with E-state index in [0.717, 1.165) is 16.8 Å². The third-order valence-corrected chi connectivity index (χ3v) is 2.44. The molecule has 2 heteroatoms. The average molecular weight is 215 g/mol. The first-order valence-electron chi connectivity index (χ1n) is 5.35. The Morgan fingerprint density at radius 3 is 2.38 bits per heavy atom. The molecule has 1 N–H and O–H groups in total. The summed E-state index contributed by atoms with van der Waals surface area (Å²) in [6, 6.07) is 4.12. The SMILES string of the molecule is C#CCCC(=O)Nc1c(C)cc(C)cc1C. The van der Waals surface area contributed by atoms with Crippen LogP contribution in [-0.4, -0.2) is 5.91 Å². The van der Waals surface area contributed by atoms with Gasteiger partial charge in [-0.25, -0.2) is 0 Å². The predicted molar refractivity (Wildman–Crippen MR) is 67.3 cm³/mol. The second-order valence-electron chi connectivity index (χ2n) is 4.03. The molecule has 0 aliphatic heterocycles. The second kappa shape index (κ2) is 5.37. The normalized spacial score (nSPS) is 9.62. The molecule has 1 aromatic rings. The molecule has 0 bridgehead atoms. The molecule has 0 aliphatic rings. The minimum Gasteiger partial charge on any atom is -0.326 e. The van der Waals surface area contributed by atoms with Gasteiger partial charge in [-0.3, -0.25) is 4.79 Å². The maximum Gasteiger partial charge on any atom is 0.225 e. The Kier molecular flexibility index (Phi) is 4.13. The van der Waals surface area contributed by atoms with Crippen LogP contribution in [0.5, 0.6) is 0 Å². The Morgan fingerprint density at radius 2 is 1.88 bits per heavy atom. The highest BCUT2D eigenvalue weighted by molar-refractivity contribution is 5.92. The summed E-state index contributed by atoms with van der Waals surface area (Å²) in [6.45, 7) is 6.04. The summed E-state index contributed by atoms with van der Waals surface area (Å²) in [6.07, 6.45) is 5.98. The molecule has 0 spiro atoms. The van der Waals surface area contributed by atoms with Crippen LogP contribution in [0.15, 0.2) is 12.1 Å². The van der Waals surface area contributed by atoms with E-state index in [1.165, 1.54) is 5.56 Å². The molecular formula is C14H17NO. The third-order valence-electron chi connectivity index (χ3n) is 2.44. The van der Waals surface area contributed by atoms with Crippen LogP contribution < -0.4 is 5.32 Å². The van der Waals surface area contributed by atoms with Crippen LogP contribution in [0.1, 0.15) is 29.5 Å². The van der Waals surface area contributed by atoms with E-state index in [1.54, 1.807) is 0 Å². The summed E-state index contributed by atoms with van der Waals surface area (Å²) in [7, 11) is 0. The Hall–Kier alpha value is -1.75. The average Bonchev–Trinajstić information content (AvgIpc) is 2.20. The molecule has 0 unspecified atom stereocenters. The molecule has 0 aromatic heterocycles. The van der Waals surface area contributed by atoms with Crippen molar-refractivity contribution in [1.82, 2.24) is 0 Å². The van der Waals surface area contributed by atoms with E-state index >= 15 is 0 Å². The van der Waals surface area contributed by atoms with E-state index in [4.69, 9.17) is 6.42 Å². The van der Waals surface area contributed by atoms with Gasteiger partial charge >= 0.3 is 0 Å². The van der Waals surface area contributed by atoms with Gasteiger partial charge in [0.1, 0.15) is 0 Å². The zero-order valence-electron chi connectivity index (χ0n) is 10.1. The lowest BCUT2D eigenvalue weighted by molar-refractivity contribution is -0.116. The van der Waals surface area contributed by atoms with Crippen molar-refractivity contribution in [2.75, 3.05) is 5.32 Å². The van der Waals surface area contributed by atoms with E-state index in [0.29, 0.717) is 12.8 Å². The van der Waals surface area contributed by atoms with Crippen molar-refractivity contribution >= 4 is 11.6 Å². The highest BCUT2D eigenvalue weighted by atomic mass is 16.1. The zero-order chi connectivity index (χ0) is 12.1. The van der Waals surface area contributed by atoms with Crippen LogP contribution in [0.3, 0.4) is 0 Å². The van der Waals surface area contributed by atoms with Crippen molar-refractivity contribution in [2.24, 2.45) is 0 Å². The summed E-state index contributed by atoms with van der Waals surface area (Å²) in [5, 5.41) is 2.91. The van der Waals surface area contributed by atoms with Crippen molar-refractivity contribution in [3.05, 3.63) is 28.8 Å². The number of carbonyl (C=O) groups is 1. The monoisotopic (exact) mass is 215 g/mol. The zero-order valence-corrected chi connectivity index (χ0v) is 10.1. The number of amides is 1. The molecule has 0 heterocycles. The largest absolute Gasteiger partial charge is 0.326 e. The molecule has 0 radical (unpaired) electrons. The summed E-state index contributed by atoms with van der Waals surface area (Å²) >= 11 is 0. The first kappa shape index (κ1) is 12.3. The molecule has 1 aromatic carbocycles. The maximum atomic E-state index is 11.6. The van der Waals surface area contributed by atoms with Crippen LogP contribution in [0, 0.1) is 33.1 Å². The van der Waals surface area contributed by atoms with E-state index in [1.807, 2.05) is 20.8 Å². The van der Waals surface area contributed by atoms with Crippen LogP contribution in [0.25, 0.3) is 0 Å². The van der Waals surface area contributed by atoms with Crippen molar-refractivity contribution in [3.8, 4) is 12.3 Å². The number of nitrogens with one attached hydrogen (secondary N) is 1. The van der Waals surface area contributed by atoms with Gasteiger partial charge in [0.2, 0.25) is 5.91 Å². The second-order valence-corrected chi connectivity index (χ2v) is 4.03. The molecule has 0 aliphatic carbocycles. The summed E-state index contributed by atoms with van der Waals surface area (Å²) in [4.78, 5) is 11.6. The van der Waals surface area contributed by atoms with Gasteiger partial charge in [0.25, 0.3) is 0 Å². The first-order valence-corrected chi connectivity index (χ1v) is 5.35. The van der Waals surface area contributed by atoms with Crippen LogP contribution in [0.2, 0.25) is 0 Å². The Labute approximate surface area is 97.1 Å². The van der Waals surface area contributed by atoms with Gasteiger partial charge < -0.3 is 5.32 Å². The van der Waals surface area contributed by atoms with Gasteiger partial charge in [0, 0.05) is 18.5 Å². The number of carbonyl (C=O) groups excluding carboxylic acids is 1. The molecule has 2 nitrogen and oxygen atoms in total. The highest BCUT2D eigenvalue weighted by Crippen LogP contribution is 2.22. The molecule has 0 fully saturated rings. The summed E-state index contributed by atoms with van der Waals surface area (Å²) < 4.78 is 0. The Bertz CT molecular complexity index is 418. The predicted octanol–water partition coefficient (Wildman–Crippen LogP) is 2.96. The van der Waals surface area contributed by atoms with E-state index in [-0.39, 0.29) is 5.91 Å². The smallest absolute Gasteiger partial charge is 0.225 e. The van der Waals surface area contributed by atoms with Gasteiger partial charge in [0.15, 0.2) is 0 Å². The fraction of sp³-hybridized carbons (Fsp3) is 0.357. The molecule has 16 heavy (non-hydrogen) atoms. The molecule has 1 amide bonds. The van der Waals surface area contributed by atoms with Crippen molar-refractivity contribution < 1.29 is 4.79 Å². The quantitative estimate of drug-likeness (QED) is 0.772. The Balaban J connectivity index is 2.82. The summed E-state index contributed by atoms with van der Waals surface area (Å²) in [5.41, 5.74) is 4.29. The maximum absolute atomic E-state index is 11.6. The lowest BCUT2D eigenvalue weighted by Gasteiger charge is -2.12. The van der Waals surface area contributed by atoms with Gasteiger partial charge in [0.05, 0.1) is 0 Å². The minimum absolute atomic E-state index is 0.0204. The van der Waals surface area contributed by atoms with E-state index in [9.17, 15) is 4.79 Å². The van der Waals surface area contributed by atoms with Crippen LogP contribution in [0.4, 0.5) is 5.69 Å². The van der Waals surface area contributed by atoms with Gasteiger partial charge in [-0.15, -0.1) is 12.3 Å². The van der Waals surface area contributed by atoms with Crippen LogP contribution >= 0.6 is 0 Å². The van der Waals surface area contributed by atoms with Gasteiger partial charge in [-0.2, -0.15) is 0 Å². The standard InChI is InChI=1S/C14H17NO/c1-5-6-7-13(16)15-14-11(3)8-10(2)9-12(14)4/h1,8-9H,6-7H2,2-4H3,(H,15,16). The van der Waals surface area contributed by atoms with Crippen molar-refractivity contribution in [2.45, 2.75) is 33.6 Å². The number of terminal acetylenes is 1. The Morgan fingerprint density at radius 1 is 1.31 bits per heavy atom. The van der Waals surface area contributed by atoms with Gasteiger partial charge in [-0.05, 0) is 31.9 Å². The molecule has 0 saturated heterocycles. The van der Waals surface area contributed by atoms with Crippen molar-refractivity contribution in [3.63, 3.8) is 0 Å². The lowest BCUT2D eigenvalue weighted by Crippen LogP contribution is -2.13. The number of anilines is 1. The number of hydrogen-bond acceptors (Lipinski definition) is 1. The molecular weight excluding hydrogens is 198 g/mol. The molecule has 1 rings (SSSR count). The number of rotatable bonds is 3. The first-order chi connectivity index (χ1) is 7.54. The van der Waals surface area contributed by atoms with E-state index < -0.39 is 0 Å². The number of hydrogen-bond donors (Lipinski definition) is 1. The molecule has 0 atom stereocenters. The molecule has 84 valence electrons. The number of benzene rings is 1. The van der Waals surface area contributed by atoms with E-state index in [2.05, 4.69) is 23.4 Å². The third kappa shape index (κ3) is 3.13. The molecule has 0 saturated carbocycles. The van der Waals surface area contributed by atoms with Crippen LogP contribution in [-0.2, 0) is 4.79 Å². The summed E-state index contributed by atoms with van der Waals surface area (Å²) in [5.74, 6) is 2.44. The topological polar surface area (TPSA) is 29.1 Å². The fourth-order valence-corrected chi connectivity index (χ4v) is 1.76. The fourth-order valence-electron chi connectivity index (χ4n) is 1.76. The van der Waals surface area contributed by atoms with Crippen molar-refractivity contribution in [1.29, 1.82) is 0 Å². The minimum atomic E-state index is -0.0204. The van der Waals surface area contributed by atoms with Gasteiger partial charge in [-0.1, -0.05) is 17.7 Å². The lowest BCUT2D eigenvalue weighted by atomic mass is 10.0. The highest BCUT2D eigenvalue weighted by Gasteiger charge is 2.07.